The topological polar surface area (TPSA) is 63.7 Å². The Morgan fingerprint density at radius 2 is 1.85 bits per heavy atom. The Bertz CT molecular complexity index is 613. The summed E-state index contributed by atoms with van der Waals surface area (Å²) in [7, 11) is 0. The molecule has 1 amide bonds. The van der Waals surface area contributed by atoms with Crippen LogP contribution in [0.5, 0.6) is 0 Å². The number of amides is 1. The number of hydrogen-bond donors (Lipinski definition) is 0. The van der Waals surface area contributed by atoms with Crippen LogP contribution in [0.3, 0.4) is 0 Å². The fourth-order valence-electron chi connectivity index (χ4n) is 1.87. The molecule has 0 fully saturated rings. The van der Waals surface area contributed by atoms with Crippen molar-refractivity contribution >= 4 is 23.3 Å². The number of esters is 1. The SMILES string of the molecule is CC(C)OC(=O)CN1C(=O)C(=O)c2cc(F)c(F)cc21. The van der Waals surface area contributed by atoms with Crippen LogP contribution in [-0.2, 0) is 14.3 Å². The largest absolute Gasteiger partial charge is 0.462 e. The van der Waals surface area contributed by atoms with Crippen molar-refractivity contribution in [3.8, 4) is 0 Å². The maximum atomic E-state index is 13.2. The van der Waals surface area contributed by atoms with E-state index >= 15 is 0 Å². The van der Waals surface area contributed by atoms with Crippen LogP contribution in [0.2, 0.25) is 0 Å². The van der Waals surface area contributed by atoms with Gasteiger partial charge in [-0.3, -0.25) is 19.3 Å². The van der Waals surface area contributed by atoms with Gasteiger partial charge in [-0.25, -0.2) is 8.78 Å². The Morgan fingerprint density at radius 3 is 2.45 bits per heavy atom. The average Bonchev–Trinajstić information content (AvgIpc) is 2.55. The number of hydrogen-bond acceptors (Lipinski definition) is 4. The molecule has 7 heteroatoms. The number of carbonyl (C=O) groups excluding carboxylic acids is 3. The maximum Gasteiger partial charge on any atom is 0.326 e. The molecule has 1 aliphatic heterocycles. The molecule has 1 aliphatic rings. The van der Waals surface area contributed by atoms with E-state index in [4.69, 9.17) is 4.74 Å². The van der Waals surface area contributed by atoms with Gasteiger partial charge in [0, 0.05) is 6.07 Å². The van der Waals surface area contributed by atoms with Crippen molar-refractivity contribution in [1.29, 1.82) is 0 Å². The molecule has 106 valence electrons. The summed E-state index contributed by atoms with van der Waals surface area (Å²) in [5, 5.41) is 0. The molecule has 1 aromatic carbocycles. The van der Waals surface area contributed by atoms with Gasteiger partial charge >= 0.3 is 5.97 Å². The lowest BCUT2D eigenvalue weighted by atomic mass is 10.1. The number of Topliss-reactive ketones (excluding diaryl/α,β-unsaturated/α-hetero) is 1. The smallest absolute Gasteiger partial charge is 0.326 e. The van der Waals surface area contributed by atoms with Crippen molar-refractivity contribution in [2.45, 2.75) is 20.0 Å². The van der Waals surface area contributed by atoms with Crippen LogP contribution in [0.4, 0.5) is 14.5 Å². The summed E-state index contributed by atoms with van der Waals surface area (Å²) < 4.78 is 31.1. The van der Waals surface area contributed by atoms with Crippen LogP contribution in [-0.4, -0.2) is 30.3 Å². The van der Waals surface area contributed by atoms with Crippen molar-refractivity contribution in [2.75, 3.05) is 11.4 Å². The molecule has 0 aliphatic carbocycles. The third-order valence-corrected chi connectivity index (χ3v) is 2.67. The summed E-state index contributed by atoms with van der Waals surface area (Å²) in [4.78, 5) is 35.7. The van der Waals surface area contributed by atoms with Crippen LogP contribution in [0.1, 0.15) is 24.2 Å². The van der Waals surface area contributed by atoms with E-state index < -0.39 is 35.8 Å². The highest BCUT2D eigenvalue weighted by molar-refractivity contribution is 6.52. The van der Waals surface area contributed by atoms with Gasteiger partial charge < -0.3 is 4.74 Å². The van der Waals surface area contributed by atoms with E-state index in [0.29, 0.717) is 6.07 Å². The van der Waals surface area contributed by atoms with Crippen molar-refractivity contribution in [3.05, 3.63) is 29.3 Å². The van der Waals surface area contributed by atoms with Gasteiger partial charge in [0.2, 0.25) is 0 Å². The summed E-state index contributed by atoms with van der Waals surface area (Å²) in [5.74, 6) is -5.15. The first-order chi connectivity index (χ1) is 9.31. The molecule has 0 N–H and O–H groups in total. The number of halogens is 2. The first kappa shape index (κ1) is 14.1. The van der Waals surface area contributed by atoms with Crippen LogP contribution in [0.15, 0.2) is 12.1 Å². The predicted octanol–water partition coefficient (Wildman–Crippen LogP) is 1.45. The van der Waals surface area contributed by atoms with E-state index in [1.807, 2.05) is 0 Å². The van der Waals surface area contributed by atoms with Crippen LogP contribution < -0.4 is 4.90 Å². The summed E-state index contributed by atoms with van der Waals surface area (Å²) in [6.45, 7) is 2.72. The van der Waals surface area contributed by atoms with E-state index in [1.54, 1.807) is 13.8 Å². The summed E-state index contributed by atoms with van der Waals surface area (Å²) in [6.07, 6.45) is -0.389. The molecule has 0 saturated heterocycles. The first-order valence-corrected chi connectivity index (χ1v) is 5.86. The second-order valence-electron chi connectivity index (χ2n) is 4.54. The molecular formula is C13H11F2NO4. The molecule has 0 bridgehead atoms. The maximum absolute atomic E-state index is 13.2. The van der Waals surface area contributed by atoms with E-state index in [1.165, 1.54) is 0 Å². The number of carbonyl (C=O) groups is 3. The Morgan fingerprint density at radius 1 is 1.25 bits per heavy atom. The zero-order chi connectivity index (χ0) is 15.0. The van der Waals surface area contributed by atoms with Gasteiger partial charge in [0.1, 0.15) is 6.54 Å². The van der Waals surface area contributed by atoms with E-state index in [-0.39, 0.29) is 17.4 Å². The number of anilines is 1. The second-order valence-corrected chi connectivity index (χ2v) is 4.54. The number of ketones is 1. The van der Waals surface area contributed by atoms with Gasteiger partial charge in [0.15, 0.2) is 11.6 Å². The highest BCUT2D eigenvalue weighted by Crippen LogP contribution is 2.30. The molecule has 1 aromatic rings. The van der Waals surface area contributed by atoms with Crippen LogP contribution in [0, 0.1) is 11.6 Å². The fraction of sp³-hybridized carbons (Fsp3) is 0.308. The minimum atomic E-state index is -1.23. The molecule has 0 saturated carbocycles. The third-order valence-electron chi connectivity index (χ3n) is 2.67. The van der Waals surface area contributed by atoms with Crippen LogP contribution >= 0.6 is 0 Å². The summed E-state index contributed by atoms with van der Waals surface area (Å²) in [6, 6.07) is 1.37. The van der Waals surface area contributed by atoms with Gasteiger partial charge in [-0.1, -0.05) is 0 Å². The molecule has 2 rings (SSSR count). The minimum absolute atomic E-state index is 0.125. The van der Waals surface area contributed by atoms with E-state index in [9.17, 15) is 23.2 Å². The van der Waals surface area contributed by atoms with Crippen LogP contribution in [0.25, 0.3) is 0 Å². The summed E-state index contributed by atoms with van der Waals surface area (Å²) >= 11 is 0. The number of nitrogens with zero attached hydrogens (tertiary/aromatic N) is 1. The predicted molar refractivity (Wildman–Crippen MR) is 64.3 cm³/mol. The number of fused-ring (bicyclic) bond motifs is 1. The molecule has 0 radical (unpaired) electrons. The average molecular weight is 283 g/mol. The molecular weight excluding hydrogens is 272 g/mol. The zero-order valence-electron chi connectivity index (χ0n) is 10.8. The normalized spacial score (nSPS) is 13.9. The van der Waals surface area contributed by atoms with E-state index in [0.717, 1.165) is 11.0 Å². The Balaban J connectivity index is 2.33. The molecule has 0 spiro atoms. The quantitative estimate of drug-likeness (QED) is 0.622. The molecule has 0 aromatic heterocycles. The molecule has 0 atom stereocenters. The molecule has 1 heterocycles. The highest BCUT2D eigenvalue weighted by atomic mass is 19.2. The summed E-state index contributed by atoms with van der Waals surface area (Å²) in [5.41, 5.74) is -0.383. The first-order valence-electron chi connectivity index (χ1n) is 5.86. The third kappa shape index (κ3) is 2.38. The number of rotatable bonds is 3. The number of ether oxygens (including phenoxy) is 1. The van der Waals surface area contributed by atoms with Crippen molar-refractivity contribution in [3.63, 3.8) is 0 Å². The Kier molecular flexibility index (Phi) is 3.52. The Hall–Kier alpha value is -2.31. The van der Waals surface area contributed by atoms with Gasteiger partial charge in [0.05, 0.1) is 17.4 Å². The molecule has 5 nitrogen and oxygen atoms in total. The minimum Gasteiger partial charge on any atom is -0.462 e. The zero-order valence-corrected chi connectivity index (χ0v) is 10.8. The van der Waals surface area contributed by atoms with E-state index in [2.05, 4.69) is 0 Å². The van der Waals surface area contributed by atoms with Gasteiger partial charge in [-0.15, -0.1) is 0 Å². The highest BCUT2D eigenvalue weighted by Gasteiger charge is 2.38. The fourth-order valence-corrected chi connectivity index (χ4v) is 1.87. The molecule has 0 unspecified atom stereocenters. The molecule has 20 heavy (non-hydrogen) atoms. The second kappa shape index (κ2) is 4.99. The standard InChI is InChI=1S/C13H11F2NO4/c1-6(2)20-11(17)5-16-10-4-9(15)8(14)3-7(10)12(18)13(16)19/h3-4,6H,5H2,1-2H3. The van der Waals surface area contributed by atoms with Crippen molar-refractivity contribution < 1.29 is 27.9 Å². The van der Waals surface area contributed by atoms with Gasteiger partial charge in [0.25, 0.3) is 11.7 Å². The monoisotopic (exact) mass is 283 g/mol. The van der Waals surface area contributed by atoms with Crippen molar-refractivity contribution in [1.82, 2.24) is 0 Å². The van der Waals surface area contributed by atoms with Crippen molar-refractivity contribution in [2.24, 2.45) is 0 Å². The van der Waals surface area contributed by atoms with Gasteiger partial charge in [-0.2, -0.15) is 0 Å². The lowest BCUT2D eigenvalue weighted by Gasteiger charge is -2.16. The van der Waals surface area contributed by atoms with Gasteiger partial charge in [-0.05, 0) is 19.9 Å². The number of benzene rings is 1. The Labute approximate surface area is 113 Å². The lowest BCUT2D eigenvalue weighted by Crippen LogP contribution is -2.36. The lowest BCUT2D eigenvalue weighted by molar-refractivity contribution is -0.146.